The summed E-state index contributed by atoms with van der Waals surface area (Å²) in [6.07, 6.45) is 4.10. The largest absolute Gasteiger partial charge is 0.489 e. The van der Waals surface area contributed by atoms with Gasteiger partial charge in [-0.15, -0.1) is 0 Å². The van der Waals surface area contributed by atoms with E-state index in [0.717, 1.165) is 5.75 Å². The third kappa shape index (κ3) is 4.24. The van der Waals surface area contributed by atoms with Crippen LogP contribution in [0.1, 0.15) is 5.56 Å². The molecule has 0 amide bonds. The van der Waals surface area contributed by atoms with Crippen LogP contribution in [0.5, 0.6) is 5.75 Å². The van der Waals surface area contributed by atoms with Gasteiger partial charge in [-0.2, -0.15) is 0 Å². The molecule has 0 unspecified atom stereocenters. The molecule has 0 atom stereocenters. The number of benzene rings is 1. The number of rotatable bonds is 0. The van der Waals surface area contributed by atoms with Crippen LogP contribution in [-0.2, 0) is 63.8 Å². The molecule has 0 spiro atoms. The molecule has 0 fully saturated rings. The summed E-state index contributed by atoms with van der Waals surface area (Å²) >= 11 is 0. The first-order valence-corrected chi connectivity index (χ1v) is 3.35. The molecule has 1 heterocycles. The molecule has 1 aliphatic rings. The number of ether oxygens (including phenoxy) is 1. The summed E-state index contributed by atoms with van der Waals surface area (Å²) in [4.78, 5) is 0. The minimum atomic E-state index is 0. The quantitative estimate of drug-likeness (QED) is 0.633. The van der Waals surface area contributed by atoms with Crippen LogP contribution in [0.15, 0.2) is 30.3 Å². The normalized spacial score (nSPS) is 10.8. The van der Waals surface area contributed by atoms with Crippen LogP contribution in [0.3, 0.4) is 0 Å². The minimum Gasteiger partial charge on any atom is -0.489 e. The van der Waals surface area contributed by atoms with Gasteiger partial charge in [-0.1, -0.05) is 24.3 Å². The molecule has 0 saturated carbocycles. The fourth-order valence-electron chi connectivity index (χ4n) is 1.06. The van der Waals surface area contributed by atoms with Crippen molar-refractivity contribution < 1.29 is 68.6 Å². The van der Waals surface area contributed by atoms with E-state index in [9.17, 15) is 0 Å². The fourth-order valence-corrected chi connectivity index (χ4v) is 1.06. The zero-order valence-corrected chi connectivity index (χ0v) is 15.2. The monoisotopic (exact) mass is 373 g/mol. The Morgan fingerprint density at radius 3 is 2.54 bits per heavy atom. The number of para-hydroxylation sites is 1. The fraction of sp³-hybridized carbons (Fsp3) is 0.111. The summed E-state index contributed by atoms with van der Waals surface area (Å²) in [6, 6.07) is 8.03. The van der Waals surface area contributed by atoms with Crippen molar-refractivity contribution in [3.8, 4) is 5.75 Å². The van der Waals surface area contributed by atoms with Crippen molar-refractivity contribution in [3.63, 3.8) is 0 Å². The predicted octanol–water partition coefficient (Wildman–Crippen LogP) is 2.08. The number of hydrogen-bond acceptors (Lipinski definition) is 1. The second-order valence-corrected chi connectivity index (χ2v) is 2.25. The minimum absolute atomic E-state index is 0. The molecular formula is C9H8CdCuOZn. The van der Waals surface area contributed by atoms with Gasteiger partial charge in [0.2, 0.25) is 0 Å². The smallest absolute Gasteiger partial charge is 0.126 e. The molecule has 0 saturated heterocycles. The van der Waals surface area contributed by atoms with Crippen LogP contribution in [0.4, 0.5) is 0 Å². The second-order valence-electron chi connectivity index (χ2n) is 2.25. The third-order valence-corrected chi connectivity index (χ3v) is 1.55. The van der Waals surface area contributed by atoms with E-state index in [1.54, 1.807) is 0 Å². The van der Waals surface area contributed by atoms with Gasteiger partial charge >= 0.3 is 0 Å². The maximum absolute atomic E-state index is 5.34. The van der Waals surface area contributed by atoms with E-state index < -0.39 is 0 Å². The van der Waals surface area contributed by atoms with Crippen molar-refractivity contribution in [2.45, 2.75) is 0 Å². The van der Waals surface area contributed by atoms with E-state index in [4.69, 9.17) is 4.74 Å². The Morgan fingerprint density at radius 2 is 1.85 bits per heavy atom. The van der Waals surface area contributed by atoms with E-state index in [2.05, 4.69) is 6.08 Å². The van der Waals surface area contributed by atoms with Gasteiger partial charge in [0.1, 0.15) is 12.4 Å². The van der Waals surface area contributed by atoms with E-state index in [0.29, 0.717) is 6.61 Å². The molecule has 65 valence electrons. The summed E-state index contributed by atoms with van der Waals surface area (Å²) in [5.41, 5.74) is 1.17. The van der Waals surface area contributed by atoms with Crippen molar-refractivity contribution in [1.82, 2.24) is 0 Å². The molecule has 1 aromatic carbocycles. The molecule has 0 aliphatic carbocycles. The second kappa shape index (κ2) is 8.16. The van der Waals surface area contributed by atoms with E-state index in [1.807, 2.05) is 30.3 Å². The Kier molecular flexibility index (Phi) is 10.2. The molecule has 0 aromatic heterocycles. The Bertz CT molecular complexity index is 278. The van der Waals surface area contributed by atoms with Gasteiger partial charge in [-0.05, 0) is 12.1 Å². The average molecular weight is 374 g/mol. The standard InChI is InChI=1S/C9H8O.Cd.Cu.Zn/c1-2-6-9-8(4-1)5-3-7-10-9;;;/h1-6H,7H2;;;. The topological polar surface area (TPSA) is 9.23 Å². The summed E-state index contributed by atoms with van der Waals surface area (Å²) in [5, 5.41) is 0. The first kappa shape index (κ1) is 16.3. The van der Waals surface area contributed by atoms with Gasteiger partial charge in [0.25, 0.3) is 0 Å². The summed E-state index contributed by atoms with van der Waals surface area (Å²) in [6.45, 7) is 0.705. The van der Waals surface area contributed by atoms with Gasteiger partial charge in [0.05, 0.1) is 0 Å². The Balaban J connectivity index is 0. The van der Waals surface area contributed by atoms with Crippen molar-refractivity contribution in [2.75, 3.05) is 6.61 Å². The maximum atomic E-state index is 5.34. The van der Waals surface area contributed by atoms with E-state index >= 15 is 0 Å². The summed E-state index contributed by atoms with van der Waals surface area (Å²) < 4.78 is 5.34. The van der Waals surface area contributed by atoms with Gasteiger partial charge in [0, 0.05) is 69.4 Å². The van der Waals surface area contributed by atoms with E-state index in [-0.39, 0.29) is 63.8 Å². The maximum Gasteiger partial charge on any atom is 0.126 e. The number of fused-ring (bicyclic) bond motifs is 1. The van der Waals surface area contributed by atoms with Crippen LogP contribution in [0, 0.1) is 0 Å². The molecule has 1 aromatic rings. The molecule has 0 N–H and O–H groups in total. The molecular weight excluding hydrogens is 365 g/mol. The van der Waals surface area contributed by atoms with Gasteiger partial charge in [-0.25, -0.2) is 0 Å². The zero-order chi connectivity index (χ0) is 6.81. The van der Waals surface area contributed by atoms with Crippen LogP contribution in [0.2, 0.25) is 0 Å². The molecule has 1 nitrogen and oxygen atoms in total. The summed E-state index contributed by atoms with van der Waals surface area (Å²) in [5.74, 6) is 0.991. The van der Waals surface area contributed by atoms with Gasteiger partial charge in [0.15, 0.2) is 0 Å². The van der Waals surface area contributed by atoms with Crippen LogP contribution < -0.4 is 4.74 Å². The van der Waals surface area contributed by atoms with E-state index in [1.165, 1.54) is 5.56 Å². The first-order chi connectivity index (χ1) is 4.97. The molecule has 2 rings (SSSR count). The molecule has 4 heteroatoms. The molecule has 1 radical (unpaired) electrons. The Hall–Kier alpha value is 0.825. The molecule has 0 bridgehead atoms. The van der Waals surface area contributed by atoms with Crippen LogP contribution in [-0.4, -0.2) is 6.61 Å². The number of hydrogen-bond donors (Lipinski definition) is 0. The Morgan fingerprint density at radius 1 is 1.15 bits per heavy atom. The van der Waals surface area contributed by atoms with Crippen LogP contribution >= 0.6 is 0 Å². The molecule has 1 aliphatic heterocycles. The van der Waals surface area contributed by atoms with Crippen molar-refractivity contribution >= 4 is 6.08 Å². The van der Waals surface area contributed by atoms with Crippen molar-refractivity contribution in [1.29, 1.82) is 0 Å². The van der Waals surface area contributed by atoms with Crippen LogP contribution in [0.25, 0.3) is 6.08 Å². The van der Waals surface area contributed by atoms with Gasteiger partial charge in [-0.3, -0.25) is 0 Å². The average Bonchev–Trinajstić information content (AvgIpc) is 2.05. The zero-order valence-electron chi connectivity index (χ0n) is 7.30. The predicted molar refractivity (Wildman–Crippen MR) is 41.0 cm³/mol. The third-order valence-electron chi connectivity index (χ3n) is 1.55. The first-order valence-electron chi connectivity index (χ1n) is 3.35. The SMILES string of the molecule is C1=Cc2ccccc2OC1.[Cd].[Cu].[Zn]. The van der Waals surface area contributed by atoms with Crippen molar-refractivity contribution in [3.05, 3.63) is 35.9 Å². The van der Waals surface area contributed by atoms with Gasteiger partial charge < -0.3 is 4.74 Å². The summed E-state index contributed by atoms with van der Waals surface area (Å²) in [7, 11) is 0. The Labute approximate surface area is 122 Å². The van der Waals surface area contributed by atoms with Crippen molar-refractivity contribution in [2.24, 2.45) is 0 Å². The molecule has 13 heavy (non-hydrogen) atoms.